The summed E-state index contributed by atoms with van der Waals surface area (Å²) in [4.78, 5) is 12.0. The molecule has 0 unspecified atom stereocenters. The van der Waals surface area contributed by atoms with Gasteiger partial charge in [0.25, 0.3) is 5.88 Å². The molecule has 1 aliphatic rings. The smallest absolute Gasteiger partial charge is 0.344 e. The Morgan fingerprint density at radius 3 is 2.83 bits per heavy atom. The number of rotatable bonds is 6. The lowest BCUT2D eigenvalue weighted by Gasteiger charge is -2.28. The monoisotopic (exact) mass is 399 g/mol. The van der Waals surface area contributed by atoms with Crippen molar-refractivity contribution in [3.63, 3.8) is 0 Å². The lowest BCUT2D eigenvalue weighted by molar-refractivity contribution is -0.147. The zero-order valence-corrected chi connectivity index (χ0v) is 15.6. The summed E-state index contributed by atoms with van der Waals surface area (Å²) in [5.41, 5.74) is 1.80. The number of halogens is 1. The van der Waals surface area contributed by atoms with E-state index in [0.29, 0.717) is 22.6 Å². The van der Waals surface area contributed by atoms with Gasteiger partial charge in [0.1, 0.15) is 23.9 Å². The Labute approximate surface area is 165 Å². The Hall–Kier alpha value is -3.39. The molecule has 0 saturated heterocycles. The van der Waals surface area contributed by atoms with E-state index < -0.39 is 18.1 Å². The topological polar surface area (TPSA) is 80.0 Å². The van der Waals surface area contributed by atoms with Gasteiger partial charge in [-0.2, -0.15) is 0 Å². The molecule has 0 amide bonds. The Balaban J connectivity index is 1.42. The van der Waals surface area contributed by atoms with Crippen molar-refractivity contribution < 1.29 is 32.7 Å². The van der Waals surface area contributed by atoms with Crippen LogP contribution < -0.4 is 9.47 Å². The van der Waals surface area contributed by atoms with Gasteiger partial charge in [0, 0.05) is 22.8 Å². The van der Waals surface area contributed by atoms with Crippen molar-refractivity contribution in [2.45, 2.75) is 26.4 Å². The molecule has 1 aromatic heterocycles. The summed E-state index contributed by atoms with van der Waals surface area (Å²) < 4.78 is 40.8. The lowest BCUT2D eigenvalue weighted by atomic mass is 10.1. The second-order valence-corrected chi connectivity index (χ2v) is 6.45. The number of ether oxygens (including phenoxy) is 4. The SMILES string of the molecule is Cc1cc(OCC(=O)OCc2cc(F)cc3c2O[C@@H](c2ccccc2)OC3)no1. The number of carbonyl (C=O) groups excluding carboxylic acids is 1. The van der Waals surface area contributed by atoms with Gasteiger partial charge in [0.05, 0.1) is 6.61 Å². The molecule has 2 aromatic carbocycles. The number of benzene rings is 2. The second-order valence-electron chi connectivity index (χ2n) is 6.45. The minimum atomic E-state index is -0.629. The Bertz CT molecular complexity index is 1000. The average Bonchev–Trinajstić information content (AvgIpc) is 3.16. The number of carbonyl (C=O) groups is 1. The van der Waals surface area contributed by atoms with Crippen molar-refractivity contribution in [3.8, 4) is 11.6 Å². The first-order valence-corrected chi connectivity index (χ1v) is 8.95. The van der Waals surface area contributed by atoms with Gasteiger partial charge in [-0.1, -0.05) is 30.3 Å². The second kappa shape index (κ2) is 8.32. The van der Waals surface area contributed by atoms with Crippen molar-refractivity contribution in [3.05, 3.63) is 76.8 Å². The number of hydrogen-bond acceptors (Lipinski definition) is 7. The molecule has 8 heteroatoms. The van der Waals surface area contributed by atoms with Crippen LogP contribution in [0.3, 0.4) is 0 Å². The third-order valence-corrected chi connectivity index (χ3v) is 4.23. The molecular formula is C21H18FNO6. The van der Waals surface area contributed by atoms with Crippen LogP contribution in [0.5, 0.6) is 11.6 Å². The van der Waals surface area contributed by atoms with Crippen molar-refractivity contribution in [2.75, 3.05) is 6.61 Å². The van der Waals surface area contributed by atoms with Crippen LogP contribution in [-0.2, 0) is 27.5 Å². The first-order valence-electron chi connectivity index (χ1n) is 8.95. The summed E-state index contributed by atoms with van der Waals surface area (Å²) in [6, 6.07) is 13.6. The maximum absolute atomic E-state index is 14.0. The van der Waals surface area contributed by atoms with E-state index in [-0.39, 0.29) is 25.7 Å². The molecular weight excluding hydrogens is 381 g/mol. The fourth-order valence-corrected chi connectivity index (χ4v) is 2.90. The Kier molecular flexibility index (Phi) is 5.44. The van der Waals surface area contributed by atoms with Crippen LogP contribution in [0.1, 0.15) is 28.7 Å². The largest absolute Gasteiger partial charge is 0.463 e. The normalized spacial score (nSPS) is 15.3. The Morgan fingerprint density at radius 2 is 2.07 bits per heavy atom. The van der Waals surface area contributed by atoms with E-state index in [9.17, 15) is 9.18 Å². The first kappa shape index (κ1) is 18.9. The van der Waals surface area contributed by atoms with Crippen LogP contribution in [0.2, 0.25) is 0 Å². The molecule has 0 spiro atoms. The molecule has 1 atom stereocenters. The fourth-order valence-electron chi connectivity index (χ4n) is 2.90. The Morgan fingerprint density at radius 1 is 1.24 bits per heavy atom. The van der Waals surface area contributed by atoms with Gasteiger partial charge in [-0.05, 0) is 24.2 Å². The minimum absolute atomic E-state index is 0.165. The standard InChI is InChI=1S/C21H18FNO6/c1-13-7-18(23-29-13)25-12-19(24)26-10-15-8-17(22)9-16-11-27-21(28-20(15)16)14-5-3-2-4-6-14/h2-9,21H,10-12H2,1H3/t21-/m0/s1. The average molecular weight is 399 g/mol. The summed E-state index contributed by atoms with van der Waals surface area (Å²) in [7, 11) is 0. The van der Waals surface area contributed by atoms with Crippen molar-refractivity contribution in [1.29, 1.82) is 0 Å². The maximum Gasteiger partial charge on any atom is 0.344 e. The summed E-state index contributed by atoms with van der Waals surface area (Å²) in [5, 5.41) is 3.62. The molecule has 29 heavy (non-hydrogen) atoms. The van der Waals surface area contributed by atoms with E-state index in [1.54, 1.807) is 13.0 Å². The molecule has 0 fully saturated rings. The van der Waals surface area contributed by atoms with Gasteiger partial charge in [-0.15, -0.1) is 0 Å². The predicted octanol–water partition coefficient (Wildman–Crippen LogP) is 3.85. The number of aryl methyl sites for hydroxylation is 1. The van der Waals surface area contributed by atoms with Crippen LogP contribution in [-0.4, -0.2) is 17.7 Å². The van der Waals surface area contributed by atoms with Crippen molar-refractivity contribution in [2.24, 2.45) is 0 Å². The van der Waals surface area contributed by atoms with Crippen LogP contribution in [0, 0.1) is 12.7 Å². The number of aromatic nitrogens is 1. The van der Waals surface area contributed by atoms with E-state index in [1.807, 2.05) is 30.3 Å². The molecule has 0 bridgehead atoms. The minimum Gasteiger partial charge on any atom is -0.463 e. The van der Waals surface area contributed by atoms with E-state index in [2.05, 4.69) is 5.16 Å². The van der Waals surface area contributed by atoms with Gasteiger partial charge < -0.3 is 23.5 Å². The highest BCUT2D eigenvalue weighted by atomic mass is 19.1. The molecule has 0 aliphatic carbocycles. The van der Waals surface area contributed by atoms with Crippen LogP contribution >= 0.6 is 0 Å². The summed E-state index contributed by atoms with van der Waals surface area (Å²) in [5.74, 6) is 0.109. The predicted molar refractivity (Wildman–Crippen MR) is 97.5 cm³/mol. The molecule has 3 aromatic rings. The van der Waals surface area contributed by atoms with Crippen LogP contribution in [0.25, 0.3) is 0 Å². The fraction of sp³-hybridized carbons (Fsp3) is 0.238. The third kappa shape index (κ3) is 4.55. The number of esters is 1. The molecule has 0 saturated carbocycles. The molecule has 4 rings (SSSR count). The van der Waals surface area contributed by atoms with Gasteiger partial charge in [0.15, 0.2) is 6.61 Å². The summed E-state index contributed by atoms with van der Waals surface area (Å²) in [6.07, 6.45) is -0.623. The van der Waals surface area contributed by atoms with Gasteiger partial charge >= 0.3 is 5.97 Å². The molecule has 2 heterocycles. The van der Waals surface area contributed by atoms with E-state index in [0.717, 1.165) is 5.56 Å². The quantitative estimate of drug-likeness (QED) is 0.583. The number of fused-ring (bicyclic) bond motifs is 1. The van der Waals surface area contributed by atoms with E-state index in [1.165, 1.54) is 12.1 Å². The summed E-state index contributed by atoms with van der Waals surface area (Å²) in [6.45, 7) is 1.38. The highest BCUT2D eigenvalue weighted by Crippen LogP contribution is 2.36. The molecule has 7 nitrogen and oxygen atoms in total. The zero-order valence-electron chi connectivity index (χ0n) is 15.6. The van der Waals surface area contributed by atoms with Crippen LogP contribution in [0.4, 0.5) is 4.39 Å². The van der Waals surface area contributed by atoms with Gasteiger partial charge in [-0.3, -0.25) is 0 Å². The molecule has 0 radical (unpaired) electrons. The molecule has 0 N–H and O–H groups in total. The van der Waals surface area contributed by atoms with E-state index in [4.69, 9.17) is 23.5 Å². The van der Waals surface area contributed by atoms with Gasteiger partial charge in [0.2, 0.25) is 6.29 Å². The van der Waals surface area contributed by atoms with Crippen molar-refractivity contribution in [1.82, 2.24) is 5.16 Å². The highest BCUT2D eigenvalue weighted by Gasteiger charge is 2.25. The lowest BCUT2D eigenvalue weighted by Crippen LogP contribution is -2.20. The van der Waals surface area contributed by atoms with Crippen molar-refractivity contribution >= 4 is 5.97 Å². The van der Waals surface area contributed by atoms with Gasteiger partial charge in [-0.25, -0.2) is 9.18 Å². The number of nitrogens with zero attached hydrogens (tertiary/aromatic N) is 1. The zero-order chi connectivity index (χ0) is 20.2. The van der Waals surface area contributed by atoms with E-state index >= 15 is 0 Å². The molecule has 150 valence electrons. The first-order chi connectivity index (χ1) is 14.1. The maximum atomic E-state index is 14.0. The number of hydrogen-bond donors (Lipinski definition) is 0. The highest BCUT2D eigenvalue weighted by molar-refractivity contribution is 5.71. The third-order valence-electron chi connectivity index (χ3n) is 4.23. The van der Waals surface area contributed by atoms with Crippen LogP contribution in [0.15, 0.2) is 53.1 Å². The summed E-state index contributed by atoms with van der Waals surface area (Å²) >= 11 is 0. The molecule has 1 aliphatic heterocycles.